The molecule has 0 saturated heterocycles. The van der Waals surface area contributed by atoms with Crippen LogP contribution in [0.5, 0.6) is 0 Å². The highest BCUT2D eigenvalue weighted by Gasteiger charge is 2.46. The molecule has 0 spiro atoms. The average molecular weight is 852 g/mol. The number of hydrogen-bond acceptors (Lipinski definition) is 4. The number of carbonyl (C=O) groups is 2. The van der Waals surface area contributed by atoms with E-state index in [-0.39, 0.29) is 24.8 Å². The molecule has 6 heteroatoms. The van der Waals surface area contributed by atoms with E-state index >= 15 is 0 Å². The second-order valence-electron chi connectivity index (χ2n) is 20.1. The first-order chi connectivity index (χ1) is 27.9. The zero-order valence-corrected chi connectivity index (χ0v) is 43.4. The first-order valence-electron chi connectivity index (χ1n) is 26.3. The van der Waals surface area contributed by atoms with Gasteiger partial charge in [0.1, 0.15) is 0 Å². The maximum absolute atomic E-state index is 13.4. The van der Waals surface area contributed by atoms with Gasteiger partial charge in [0.05, 0.1) is 12.8 Å². The van der Waals surface area contributed by atoms with Crippen molar-refractivity contribution in [2.75, 3.05) is 0 Å². The van der Waals surface area contributed by atoms with E-state index in [9.17, 15) is 9.59 Å². The number of rotatable bonds is 43. The van der Waals surface area contributed by atoms with Gasteiger partial charge in [-0.05, 0) is 34.3 Å². The van der Waals surface area contributed by atoms with Crippen LogP contribution in [0.2, 0.25) is 34.3 Å². The molecule has 0 aliphatic heterocycles. The van der Waals surface area contributed by atoms with Gasteiger partial charge in [-0.25, -0.2) is 0 Å². The molecule has 0 bridgehead atoms. The lowest BCUT2D eigenvalue weighted by Crippen LogP contribution is -2.47. The van der Waals surface area contributed by atoms with Gasteiger partial charge in [-0.3, -0.25) is 9.59 Å². The van der Waals surface area contributed by atoms with Gasteiger partial charge in [-0.2, -0.15) is 0 Å². The van der Waals surface area contributed by atoms with Crippen LogP contribution in [0.3, 0.4) is 0 Å². The number of carbonyl (C=O) groups excluding carboxylic acids is 2. The van der Waals surface area contributed by atoms with Crippen molar-refractivity contribution in [1.29, 1.82) is 0 Å². The van der Waals surface area contributed by atoms with Crippen LogP contribution in [0, 0.1) is 0 Å². The molecule has 0 saturated carbocycles. The van der Waals surface area contributed by atoms with E-state index in [2.05, 4.69) is 69.2 Å². The third-order valence-corrected chi connectivity index (χ3v) is 25.2. The Balaban J connectivity index is 4.53. The van der Waals surface area contributed by atoms with Gasteiger partial charge in [0.15, 0.2) is 0 Å². The minimum atomic E-state index is -2.32. The quantitative estimate of drug-likeness (QED) is 0.0453. The summed E-state index contributed by atoms with van der Waals surface area (Å²) in [5.41, 5.74) is 1.45. The molecule has 0 aromatic heterocycles. The van der Waals surface area contributed by atoms with E-state index in [1.807, 2.05) is 0 Å². The molecule has 4 nitrogen and oxygen atoms in total. The van der Waals surface area contributed by atoms with Crippen molar-refractivity contribution >= 4 is 28.6 Å². The molecule has 346 valence electrons. The molecule has 0 amide bonds. The summed E-state index contributed by atoms with van der Waals surface area (Å²) >= 11 is 0. The summed E-state index contributed by atoms with van der Waals surface area (Å²) in [6.07, 6.45) is 44.0. The largest absolute Gasteiger partial charge is 0.518 e. The predicted octanol–water partition coefficient (Wildman–Crippen LogP) is 18.9. The lowest BCUT2D eigenvalue weighted by molar-refractivity contribution is -0.142. The summed E-state index contributed by atoms with van der Waals surface area (Å²) in [6.45, 7) is 22.6. The van der Waals surface area contributed by atoms with Crippen molar-refractivity contribution in [2.45, 2.75) is 322 Å². The van der Waals surface area contributed by atoms with Crippen LogP contribution >= 0.6 is 0 Å². The third kappa shape index (κ3) is 28.1. The van der Waals surface area contributed by atoms with E-state index in [4.69, 9.17) is 8.85 Å². The third-order valence-electron chi connectivity index (χ3n) is 13.9. The Morgan fingerprint density at radius 2 is 0.483 bits per heavy atom. The van der Waals surface area contributed by atoms with E-state index in [1.165, 1.54) is 193 Å². The van der Waals surface area contributed by atoms with Crippen molar-refractivity contribution in [3.63, 3.8) is 0 Å². The molecular weight excluding hydrogens is 745 g/mol. The molecule has 0 aliphatic carbocycles. The molecule has 0 aromatic carbocycles. The van der Waals surface area contributed by atoms with E-state index in [1.54, 1.807) is 0 Å². The van der Waals surface area contributed by atoms with E-state index in [0.717, 1.165) is 24.9 Å². The first kappa shape index (κ1) is 57.4. The molecule has 0 fully saturated rings. The first-order valence-corrected chi connectivity index (χ1v) is 30.9. The van der Waals surface area contributed by atoms with Crippen LogP contribution in [0.15, 0.2) is 0 Å². The Kier molecular flexibility index (Phi) is 37.7. The lowest BCUT2D eigenvalue weighted by atomic mass is 10.0. The molecule has 0 rings (SSSR count). The van der Waals surface area contributed by atoms with E-state index in [0.29, 0.717) is 22.2 Å². The molecule has 0 aliphatic rings. The molecule has 0 N–H and O–H groups in total. The van der Waals surface area contributed by atoms with Crippen molar-refractivity contribution < 1.29 is 18.4 Å². The van der Waals surface area contributed by atoms with Crippen molar-refractivity contribution in [3.8, 4) is 0 Å². The topological polar surface area (TPSA) is 52.6 Å². The SMILES string of the molecule is CCCCCCCCCCCCCCCCCC[Si](OC(=O)CCC(=O)O[Si](CCCCCCCCCCCCCCCCCC)(C(C)C)C(C)C)(C(C)C)C(C)C. The van der Waals surface area contributed by atoms with E-state index < -0.39 is 16.6 Å². The minimum Gasteiger partial charge on any atom is -0.518 e. The molecule has 0 aromatic rings. The normalized spacial score (nSPS) is 12.4. The Labute approximate surface area is 367 Å². The number of hydrogen-bond donors (Lipinski definition) is 0. The van der Waals surface area contributed by atoms with Gasteiger partial charge in [0.2, 0.25) is 0 Å². The molecular formula is C52H106O4Si2. The Morgan fingerprint density at radius 3 is 0.655 bits per heavy atom. The van der Waals surface area contributed by atoms with Gasteiger partial charge >= 0.3 is 0 Å². The monoisotopic (exact) mass is 851 g/mol. The summed E-state index contributed by atoms with van der Waals surface area (Å²) in [6, 6.07) is 2.07. The maximum atomic E-state index is 13.4. The van der Waals surface area contributed by atoms with Gasteiger partial charge in [0.25, 0.3) is 28.6 Å². The summed E-state index contributed by atoms with van der Waals surface area (Å²) < 4.78 is 13.1. The Morgan fingerprint density at radius 1 is 0.310 bits per heavy atom. The van der Waals surface area contributed by atoms with Crippen molar-refractivity contribution in [3.05, 3.63) is 0 Å². The van der Waals surface area contributed by atoms with Crippen LogP contribution in [0.4, 0.5) is 0 Å². The van der Waals surface area contributed by atoms with Crippen LogP contribution in [0.25, 0.3) is 0 Å². The Hall–Kier alpha value is -0.626. The van der Waals surface area contributed by atoms with Gasteiger partial charge in [-0.1, -0.05) is 275 Å². The molecule has 0 atom stereocenters. The van der Waals surface area contributed by atoms with Crippen LogP contribution in [-0.4, -0.2) is 28.6 Å². The molecule has 0 unspecified atom stereocenters. The zero-order valence-electron chi connectivity index (χ0n) is 41.4. The highest BCUT2D eigenvalue weighted by molar-refractivity contribution is 6.78. The fourth-order valence-corrected chi connectivity index (χ4v) is 18.5. The zero-order chi connectivity index (χ0) is 43.3. The summed E-state index contributed by atoms with van der Waals surface area (Å²) in [7, 11) is -4.63. The fraction of sp³-hybridized carbons (Fsp3) is 0.962. The summed E-state index contributed by atoms with van der Waals surface area (Å²) in [5.74, 6) is -0.358. The molecule has 0 heterocycles. The lowest BCUT2D eigenvalue weighted by Gasteiger charge is -2.39. The predicted molar refractivity (Wildman–Crippen MR) is 262 cm³/mol. The molecule has 0 radical (unpaired) electrons. The van der Waals surface area contributed by atoms with Crippen molar-refractivity contribution in [2.24, 2.45) is 0 Å². The maximum Gasteiger partial charge on any atom is 0.293 e. The highest BCUT2D eigenvalue weighted by atomic mass is 28.4. The fourth-order valence-electron chi connectivity index (χ4n) is 9.69. The second-order valence-corrected chi connectivity index (χ2v) is 29.9. The molecule has 58 heavy (non-hydrogen) atoms. The average Bonchev–Trinajstić information content (AvgIpc) is 3.18. The smallest absolute Gasteiger partial charge is 0.293 e. The van der Waals surface area contributed by atoms with Crippen LogP contribution in [-0.2, 0) is 18.4 Å². The van der Waals surface area contributed by atoms with Crippen LogP contribution < -0.4 is 0 Å². The second kappa shape index (κ2) is 38.1. The van der Waals surface area contributed by atoms with Crippen molar-refractivity contribution in [1.82, 2.24) is 0 Å². The summed E-state index contributed by atoms with van der Waals surface area (Å²) in [5, 5.41) is 0. The minimum absolute atomic E-state index is 0.145. The standard InChI is InChI=1S/C52H106O4Si2/c1-11-13-15-17-19-21-23-25-27-29-31-33-35-37-39-41-45-57(47(3)4,48(5)6)55-51(53)43-44-52(54)56-58(49(7)8,50(9)10)46-42-40-38-36-34-32-30-28-26-24-22-20-18-16-14-12-2/h47-50H,11-46H2,1-10H3. The van der Waals surface area contributed by atoms with Crippen LogP contribution in [0.1, 0.15) is 288 Å². The highest BCUT2D eigenvalue weighted by Crippen LogP contribution is 2.40. The summed E-state index contributed by atoms with van der Waals surface area (Å²) in [4.78, 5) is 26.9. The Bertz CT molecular complexity index is 842. The van der Waals surface area contributed by atoms with Gasteiger partial charge in [0, 0.05) is 0 Å². The van der Waals surface area contributed by atoms with Gasteiger partial charge < -0.3 is 8.85 Å². The number of unbranched alkanes of at least 4 members (excludes halogenated alkanes) is 30. The van der Waals surface area contributed by atoms with Gasteiger partial charge in [-0.15, -0.1) is 0 Å².